The first-order valence-electron chi connectivity index (χ1n) is 10.0. The number of aromatic nitrogens is 2. The molecule has 1 saturated heterocycles. The van der Waals surface area contributed by atoms with Gasteiger partial charge >= 0.3 is 0 Å². The first kappa shape index (κ1) is 18.7. The number of benzene rings is 1. The molecular formula is C21H25FN4O2. The zero-order chi connectivity index (χ0) is 19.5. The molecule has 1 aromatic heterocycles. The van der Waals surface area contributed by atoms with Gasteiger partial charge in [0.05, 0.1) is 0 Å². The zero-order valence-corrected chi connectivity index (χ0v) is 15.8. The lowest BCUT2D eigenvalue weighted by molar-refractivity contribution is 0.0705. The van der Waals surface area contributed by atoms with E-state index in [1.54, 1.807) is 11.0 Å². The van der Waals surface area contributed by atoms with Crippen molar-refractivity contribution in [3.63, 3.8) is 0 Å². The number of nitrogens with zero attached hydrogens (tertiary/aromatic N) is 2. The largest absolute Gasteiger partial charge is 0.348 e. The number of carbonyl (C=O) groups is 2. The van der Waals surface area contributed by atoms with Crippen molar-refractivity contribution in [2.24, 2.45) is 0 Å². The Bertz CT molecular complexity index is 842. The molecule has 28 heavy (non-hydrogen) atoms. The first-order chi connectivity index (χ1) is 13.6. The second-order valence-corrected chi connectivity index (χ2v) is 7.76. The van der Waals surface area contributed by atoms with Gasteiger partial charge in [-0.1, -0.05) is 12.8 Å². The number of aromatic amines is 1. The van der Waals surface area contributed by atoms with Crippen molar-refractivity contribution in [1.29, 1.82) is 0 Å². The standard InChI is InChI=1S/C21H25FN4O2/c22-16-9-7-14(8-10-16)21(28)26-11-3-4-15(13-26)18-12-19(25-24-18)20(27)23-17-5-1-2-6-17/h7-10,12,15,17H,1-6,11,13H2,(H,23,27)(H,24,25). The molecule has 2 aromatic rings. The molecule has 2 N–H and O–H groups in total. The van der Waals surface area contributed by atoms with Crippen LogP contribution in [0, 0.1) is 5.82 Å². The highest BCUT2D eigenvalue weighted by Gasteiger charge is 2.28. The molecule has 0 bridgehead atoms. The molecule has 1 saturated carbocycles. The van der Waals surface area contributed by atoms with E-state index < -0.39 is 0 Å². The predicted molar refractivity (Wildman–Crippen MR) is 103 cm³/mol. The Morgan fingerprint density at radius 1 is 1.11 bits per heavy atom. The molecule has 1 unspecified atom stereocenters. The monoisotopic (exact) mass is 384 g/mol. The van der Waals surface area contributed by atoms with Crippen molar-refractivity contribution in [2.75, 3.05) is 13.1 Å². The fourth-order valence-electron chi connectivity index (χ4n) is 4.18. The maximum absolute atomic E-state index is 13.1. The number of halogens is 1. The summed E-state index contributed by atoms with van der Waals surface area (Å²) in [7, 11) is 0. The summed E-state index contributed by atoms with van der Waals surface area (Å²) < 4.78 is 13.1. The fourth-order valence-corrected chi connectivity index (χ4v) is 4.18. The van der Waals surface area contributed by atoms with Gasteiger partial charge in [-0.2, -0.15) is 5.10 Å². The lowest BCUT2D eigenvalue weighted by Crippen LogP contribution is -2.39. The summed E-state index contributed by atoms with van der Waals surface area (Å²) in [6.07, 6.45) is 6.20. The third kappa shape index (κ3) is 4.08. The zero-order valence-electron chi connectivity index (χ0n) is 15.8. The van der Waals surface area contributed by atoms with Crippen LogP contribution in [0.5, 0.6) is 0 Å². The number of likely N-dealkylation sites (tertiary alicyclic amines) is 1. The van der Waals surface area contributed by atoms with E-state index in [2.05, 4.69) is 15.5 Å². The molecule has 0 radical (unpaired) electrons. The van der Waals surface area contributed by atoms with E-state index in [-0.39, 0.29) is 29.6 Å². The number of carbonyl (C=O) groups excluding carboxylic acids is 2. The van der Waals surface area contributed by atoms with Gasteiger partial charge in [0.2, 0.25) is 0 Å². The third-order valence-electron chi connectivity index (χ3n) is 5.76. The molecule has 1 atom stereocenters. The Hall–Kier alpha value is -2.70. The van der Waals surface area contributed by atoms with Crippen molar-refractivity contribution in [3.8, 4) is 0 Å². The maximum atomic E-state index is 13.1. The van der Waals surface area contributed by atoms with Crippen molar-refractivity contribution in [1.82, 2.24) is 20.4 Å². The molecule has 6 nitrogen and oxygen atoms in total. The molecule has 1 aliphatic carbocycles. The van der Waals surface area contributed by atoms with Crippen LogP contribution in [0.2, 0.25) is 0 Å². The van der Waals surface area contributed by atoms with Crippen LogP contribution in [-0.2, 0) is 0 Å². The normalized spacial score (nSPS) is 20.3. The molecule has 1 aromatic carbocycles. The molecule has 1 aliphatic heterocycles. The number of hydrogen-bond donors (Lipinski definition) is 2. The lowest BCUT2D eigenvalue weighted by atomic mass is 9.94. The number of piperidine rings is 1. The van der Waals surface area contributed by atoms with E-state index in [0.29, 0.717) is 24.3 Å². The van der Waals surface area contributed by atoms with Gasteiger partial charge in [0.25, 0.3) is 11.8 Å². The van der Waals surface area contributed by atoms with E-state index in [9.17, 15) is 14.0 Å². The second kappa shape index (κ2) is 8.12. The minimum atomic E-state index is -0.353. The Balaban J connectivity index is 1.40. The summed E-state index contributed by atoms with van der Waals surface area (Å²) in [6, 6.07) is 7.70. The Labute approximate surface area is 163 Å². The van der Waals surface area contributed by atoms with E-state index in [0.717, 1.165) is 44.2 Å². The van der Waals surface area contributed by atoms with Crippen LogP contribution in [0.4, 0.5) is 4.39 Å². The minimum absolute atomic E-state index is 0.0941. The second-order valence-electron chi connectivity index (χ2n) is 7.76. The summed E-state index contributed by atoms with van der Waals surface area (Å²) in [4.78, 5) is 26.9. The summed E-state index contributed by atoms with van der Waals surface area (Å²) in [5, 5.41) is 10.2. The topological polar surface area (TPSA) is 78.1 Å². The van der Waals surface area contributed by atoms with Gasteiger partial charge in [-0.05, 0) is 56.0 Å². The Kier molecular flexibility index (Phi) is 5.41. The Morgan fingerprint density at radius 2 is 1.86 bits per heavy atom. The summed E-state index contributed by atoms with van der Waals surface area (Å²) in [6.45, 7) is 1.23. The molecule has 7 heteroatoms. The number of amides is 2. The van der Waals surface area contributed by atoms with Crippen LogP contribution in [0.15, 0.2) is 30.3 Å². The minimum Gasteiger partial charge on any atom is -0.348 e. The molecule has 4 rings (SSSR count). The molecular weight excluding hydrogens is 359 g/mol. The molecule has 148 valence electrons. The number of H-pyrrole nitrogens is 1. The SMILES string of the molecule is O=C(NC1CCCC1)c1cc(C2CCCN(C(=O)c3ccc(F)cc3)C2)[nH]n1. The Morgan fingerprint density at radius 3 is 2.61 bits per heavy atom. The van der Waals surface area contributed by atoms with Crippen molar-refractivity contribution in [2.45, 2.75) is 50.5 Å². The molecule has 2 aliphatic rings. The molecule has 0 spiro atoms. The van der Waals surface area contributed by atoms with Crippen molar-refractivity contribution >= 4 is 11.8 Å². The van der Waals surface area contributed by atoms with Gasteiger partial charge in [0.1, 0.15) is 11.5 Å². The lowest BCUT2D eigenvalue weighted by Gasteiger charge is -2.32. The van der Waals surface area contributed by atoms with Crippen LogP contribution >= 0.6 is 0 Å². The van der Waals surface area contributed by atoms with Crippen LogP contribution in [0.3, 0.4) is 0 Å². The summed E-state index contributed by atoms with van der Waals surface area (Å²) in [5.74, 6) is -0.472. The average Bonchev–Trinajstić information content (AvgIpc) is 3.40. The summed E-state index contributed by atoms with van der Waals surface area (Å²) in [5.41, 5.74) is 1.78. The highest BCUT2D eigenvalue weighted by molar-refractivity contribution is 5.94. The maximum Gasteiger partial charge on any atom is 0.271 e. The molecule has 2 fully saturated rings. The third-order valence-corrected chi connectivity index (χ3v) is 5.76. The highest BCUT2D eigenvalue weighted by atomic mass is 19.1. The van der Waals surface area contributed by atoms with Crippen molar-refractivity contribution in [3.05, 3.63) is 53.1 Å². The van der Waals surface area contributed by atoms with E-state index >= 15 is 0 Å². The van der Waals surface area contributed by atoms with Crippen LogP contribution in [0.25, 0.3) is 0 Å². The number of hydrogen-bond acceptors (Lipinski definition) is 3. The van der Waals surface area contributed by atoms with Gasteiger partial charge in [0.15, 0.2) is 0 Å². The van der Waals surface area contributed by atoms with Gasteiger partial charge in [-0.25, -0.2) is 4.39 Å². The summed E-state index contributed by atoms with van der Waals surface area (Å²) >= 11 is 0. The first-order valence-corrected chi connectivity index (χ1v) is 10.0. The van der Waals surface area contributed by atoms with Crippen LogP contribution in [0.1, 0.15) is 71.0 Å². The molecule has 2 amide bonds. The van der Waals surface area contributed by atoms with Gasteiger partial charge in [-0.15, -0.1) is 0 Å². The number of rotatable bonds is 4. The van der Waals surface area contributed by atoms with Crippen molar-refractivity contribution < 1.29 is 14.0 Å². The molecule has 2 heterocycles. The predicted octanol–water partition coefficient (Wildman–Crippen LogP) is 3.24. The van der Waals surface area contributed by atoms with Gasteiger partial charge < -0.3 is 10.2 Å². The van der Waals surface area contributed by atoms with Gasteiger partial charge in [0, 0.05) is 36.3 Å². The fraction of sp³-hybridized carbons (Fsp3) is 0.476. The quantitative estimate of drug-likeness (QED) is 0.849. The van der Waals surface area contributed by atoms with Crippen LogP contribution in [-0.4, -0.2) is 46.0 Å². The average molecular weight is 384 g/mol. The van der Waals surface area contributed by atoms with Gasteiger partial charge in [-0.3, -0.25) is 14.7 Å². The smallest absolute Gasteiger partial charge is 0.271 e. The highest BCUT2D eigenvalue weighted by Crippen LogP contribution is 2.27. The van der Waals surface area contributed by atoms with Crippen LogP contribution < -0.4 is 5.32 Å². The van der Waals surface area contributed by atoms with E-state index in [1.165, 1.54) is 24.3 Å². The number of nitrogens with one attached hydrogen (secondary N) is 2. The van der Waals surface area contributed by atoms with E-state index in [1.807, 2.05) is 0 Å². The van der Waals surface area contributed by atoms with E-state index in [4.69, 9.17) is 0 Å².